The van der Waals surface area contributed by atoms with Crippen LogP contribution in [0.15, 0.2) is 28.9 Å². The molecule has 1 aliphatic rings. The van der Waals surface area contributed by atoms with Crippen LogP contribution in [-0.2, 0) is 11.2 Å². The van der Waals surface area contributed by atoms with Gasteiger partial charge in [0.25, 0.3) is 0 Å². The Labute approximate surface area is 134 Å². The van der Waals surface area contributed by atoms with E-state index in [1.54, 1.807) is 6.20 Å². The SMILES string of the molecule is CC(CN)(NC(=O)CCc1nc(-c2ccccn2)no1)C1CC1. The summed E-state index contributed by atoms with van der Waals surface area (Å²) in [7, 11) is 0. The third kappa shape index (κ3) is 3.73. The van der Waals surface area contributed by atoms with Crippen molar-refractivity contribution < 1.29 is 9.32 Å². The lowest BCUT2D eigenvalue weighted by Gasteiger charge is -2.29. The van der Waals surface area contributed by atoms with Gasteiger partial charge in [-0.05, 0) is 37.8 Å². The maximum Gasteiger partial charge on any atom is 0.227 e. The number of carbonyl (C=O) groups excluding carboxylic acids is 1. The molecule has 3 rings (SSSR count). The monoisotopic (exact) mass is 315 g/mol. The Hall–Kier alpha value is -2.28. The van der Waals surface area contributed by atoms with Crippen molar-refractivity contribution in [2.75, 3.05) is 6.54 Å². The molecule has 0 radical (unpaired) electrons. The molecule has 7 heteroatoms. The highest BCUT2D eigenvalue weighted by Crippen LogP contribution is 2.38. The van der Waals surface area contributed by atoms with E-state index in [2.05, 4.69) is 20.4 Å². The number of nitrogens with zero attached hydrogens (tertiary/aromatic N) is 3. The maximum absolute atomic E-state index is 12.1. The number of aryl methyl sites for hydroxylation is 1. The normalized spacial score (nSPS) is 16.8. The Morgan fingerprint density at radius 2 is 2.30 bits per heavy atom. The molecule has 1 fully saturated rings. The first-order valence-corrected chi connectivity index (χ1v) is 7.86. The topological polar surface area (TPSA) is 107 Å². The summed E-state index contributed by atoms with van der Waals surface area (Å²) in [5.74, 6) is 1.32. The third-order valence-electron chi connectivity index (χ3n) is 4.26. The van der Waals surface area contributed by atoms with Crippen molar-refractivity contribution in [1.82, 2.24) is 20.4 Å². The van der Waals surface area contributed by atoms with E-state index in [0.29, 0.717) is 42.7 Å². The minimum Gasteiger partial charge on any atom is -0.349 e. The Kier molecular flexibility index (Phi) is 4.38. The molecule has 1 saturated carbocycles. The first-order valence-electron chi connectivity index (χ1n) is 7.86. The van der Waals surface area contributed by atoms with E-state index in [0.717, 1.165) is 12.8 Å². The number of carbonyl (C=O) groups is 1. The minimum atomic E-state index is -0.301. The Morgan fingerprint density at radius 3 is 2.96 bits per heavy atom. The summed E-state index contributed by atoms with van der Waals surface area (Å²) < 4.78 is 5.18. The van der Waals surface area contributed by atoms with E-state index in [-0.39, 0.29) is 11.4 Å². The number of amides is 1. The van der Waals surface area contributed by atoms with Crippen LogP contribution in [0.1, 0.15) is 32.1 Å². The Balaban J connectivity index is 1.54. The number of hydrogen-bond donors (Lipinski definition) is 2. The Bertz CT molecular complexity index is 668. The van der Waals surface area contributed by atoms with Crippen molar-refractivity contribution in [3.05, 3.63) is 30.3 Å². The summed E-state index contributed by atoms with van der Waals surface area (Å²) in [6, 6.07) is 5.49. The number of hydrogen-bond acceptors (Lipinski definition) is 6. The van der Waals surface area contributed by atoms with E-state index in [1.165, 1.54) is 0 Å². The van der Waals surface area contributed by atoms with Gasteiger partial charge in [0.2, 0.25) is 17.6 Å². The van der Waals surface area contributed by atoms with E-state index >= 15 is 0 Å². The summed E-state index contributed by atoms with van der Waals surface area (Å²) in [5.41, 5.74) is 6.16. The zero-order valence-electron chi connectivity index (χ0n) is 13.2. The van der Waals surface area contributed by atoms with Gasteiger partial charge in [-0.3, -0.25) is 9.78 Å². The lowest BCUT2D eigenvalue weighted by molar-refractivity contribution is -0.123. The van der Waals surface area contributed by atoms with Crippen LogP contribution in [0, 0.1) is 5.92 Å². The standard InChI is InChI=1S/C16H21N5O2/c1-16(10-17,11-5-6-11)20-13(22)7-8-14-19-15(21-23-14)12-4-2-3-9-18-12/h2-4,9,11H,5-8,10,17H2,1H3,(H,20,22). The van der Waals surface area contributed by atoms with Gasteiger partial charge in [-0.15, -0.1) is 0 Å². The quantitative estimate of drug-likeness (QED) is 0.797. The van der Waals surface area contributed by atoms with Gasteiger partial charge in [-0.1, -0.05) is 11.2 Å². The van der Waals surface area contributed by atoms with Crippen molar-refractivity contribution in [3.63, 3.8) is 0 Å². The van der Waals surface area contributed by atoms with Gasteiger partial charge in [-0.25, -0.2) is 0 Å². The average Bonchev–Trinajstić information content (AvgIpc) is 3.33. The lowest BCUT2D eigenvalue weighted by atomic mass is 9.95. The highest BCUT2D eigenvalue weighted by Gasteiger charge is 2.41. The molecule has 0 saturated heterocycles. The zero-order chi connectivity index (χ0) is 16.3. The number of nitrogens with one attached hydrogen (secondary N) is 1. The van der Waals surface area contributed by atoms with Crippen LogP contribution in [0.3, 0.4) is 0 Å². The van der Waals surface area contributed by atoms with Crippen LogP contribution in [0.25, 0.3) is 11.5 Å². The van der Waals surface area contributed by atoms with Gasteiger partial charge in [0.05, 0.1) is 5.54 Å². The van der Waals surface area contributed by atoms with Crippen LogP contribution < -0.4 is 11.1 Å². The molecular weight excluding hydrogens is 294 g/mol. The molecule has 1 atom stereocenters. The fraction of sp³-hybridized carbons (Fsp3) is 0.500. The number of aromatic nitrogens is 3. The molecule has 1 amide bonds. The first kappa shape index (κ1) is 15.6. The molecule has 1 aliphatic carbocycles. The molecule has 23 heavy (non-hydrogen) atoms. The molecule has 2 heterocycles. The summed E-state index contributed by atoms with van der Waals surface area (Å²) in [5, 5.41) is 6.94. The third-order valence-corrected chi connectivity index (χ3v) is 4.26. The average molecular weight is 315 g/mol. The number of rotatable bonds is 7. The molecular formula is C16H21N5O2. The summed E-state index contributed by atoms with van der Waals surface area (Å²) >= 11 is 0. The number of nitrogens with two attached hydrogens (primary N) is 1. The van der Waals surface area contributed by atoms with Crippen LogP contribution in [-0.4, -0.2) is 33.1 Å². The van der Waals surface area contributed by atoms with Crippen LogP contribution in [0.5, 0.6) is 0 Å². The van der Waals surface area contributed by atoms with Crippen LogP contribution in [0.4, 0.5) is 0 Å². The first-order chi connectivity index (χ1) is 11.1. The van der Waals surface area contributed by atoms with Crippen molar-refractivity contribution in [2.45, 2.75) is 38.1 Å². The van der Waals surface area contributed by atoms with Crippen molar-refractivity contribution in [2.24, 2.45) is 11.7 Å². The minimum absolute atomic E-state index is 0.0394. The van der Waals surface area contributed by atoms with Crippen LogP contribution >= 0.6 is 0 Å². The molecule has 0 spiro atoms. The predicted molar refractivity (Wildman–Crippen MR) is 84.2 cm³/mol. The summed E-state index contributed by atoms with van der Waals surface area (Å²) in [4.78, 5) is 20.6. The highest BCUT2D eigenvalue weighted by atomic mass is 16.5. The molecule has 2 aromatic rings. The Morgan fingerprint density at radius 1 is 1.48 bits per heavy atom. The van der Waals surface area contributed by atoms with Crippen molar-refractivity contribution in [3.8, 4) is 11.5 Å². The second-order valence-corrected chi connectivity index (χ2v) is 6.17. The van der Waals surface area contributed by atoms with E-state index < -0.39 is 0 Å². The van der Waals surface area contributed by atoms with E-state index in [1.807, 2.05) is 25.1 Å². The van der Waals surface area contributed by atoms with E-state index in [9.17, 15) is 4.79 Å². The maximum atomic E-state index is 12.1. The summed E-state index contributed by atoms with van der Waals surface area (Å²) in [6.07, 6.45) is 4.63. The van der Waals surface area contributed by atoms with Gasteiger partial charge < -0.3 is 15.6 Å². The second kappa shape index (κ2) is 6.45. The van der Waals surface area contributed by atoms with Gasteiger partial charge in [0.15, 0.2) is 0 Å². The molecule has 7 nitrogen and oxygen atoms in total. The molecule has 0 aliphatic heterocycles. The fourth-order valence-corrected chi connectivity index (χ4v) is 2.60. The second-order valence-electron chi connectivity index (χ2n) is 6.17. The molecule has 0 bridgehead atoms. The highest BCUT2D eigenvalue weighted by molar-refractivity contribution is 5.77. The van der Waals surface area contributed by atoms with Gasteiger partial charge >= 0.3 is 0 Å². The molecule has 2 aromatic heterocycles. The van der Waals surface area contributed by atoms with Gasteiger partial charge in [0.1, 0.15) is 5.69 Å². The predicted octanol–water partition coefficient (Wildman–Crippen LogP) is 1.31. The largest absolute Gasteiger partial charge is 0.349 e. The van der Waals surface area contributed by atoms with Crippen molar-refractivity contribution in [1.29, 1.82) is 0 Å². The van der Waals surface area contributed by atoms with Crippen molar-refractivity contribution >= 4 is 5.91 Å². The van der Waals surface area contributed by atoms with Gasteiger partial charge in [0, 0.05) is 25.6 Å². The molecule has 122 valence electrons. The number of pyridine rings is 1. The summed E-state index contributed by atoms with van der Waals surface area (Å²) in [6.45, 7) is 2.46. The molecule has 1 unspecified atom stereocenters. The smallest absolute Gasteiger partial charge is 0.227 e. The van der Waals surface area contributed by atoms with Crippen LogP contribution in [0.2, 0.25) is 0 Å². The molecule has 0 aromatic carbocycles. The van der Waals surface area contributed by atoms with E-state index in [4.69, 9.17) is 10.3 Å². The zero-order valence-corrected chi connectivity index (χ0v) is 13.2. The van der Waals surface area contributed by atoms with Gasteiger partial charge in [-0.2, -0.15) is 4.98 Å². The molecule has 3 N–H and O–H groups in total. The lowest BCUT2D eigenvalue weighted by Crippen LogP contribution is -2.53. The fourth-order valence-electron chi connectivity index (χ4n) is 2.60.